The molecule has 0 saturated carbocycles. The van der Waals surface area contributed by atoms with Gasteiger partial charge < -0.3 is 19.9 Å². The third-order valence-electron chi connectivity index (χ3n) is 2.92. The highest BCUT2D eigenvalue weighted by Crippen LogP contribution is 2.26. The molecule has 0 saturated heterocycles. The molecule has 1 aromatic heterocycles. The number of methoxy groups -OCH3 is 1. The second-order valence-corrected chi connectivity index (χ2v) is 4.08. The maximum atomic E-state index is 11.1. The van der Waals surface area contributed by atoms with Crippen molar-refractivity contribution in [2.75, 3.05) is 7.11 Å². The van der Waals surface area contributed by atoms with Gasteiger partial charge in [0, 0.05) is 17.1 Å². The predicted molar refractivity (Wildman–Crippen MR) is 65.9 cm³/mol. The van der Waals surface area contributed by atoms with Gasteiger partial charge in [0.15, 0.2) is 0 Å². The quantitative estimate of drug-likeness (QED) is 0.709. The number of aliphatic hydroxyl groups excluding tert-OH is 2. The number of rotatable bonds is 4. The molecular formula is C13H15NO4. The Morgan fingerprint density at radius 1 is 1.39 bits per heavy atom. The van der Waals surface area contributed by atoms with Crippen molar-refractivity contribution >= 4 is 16.9 Å². The molecule has 0 aliphatic rings. The standard InChI is InChI=1S/C13H15NO4/c1-18-12(16)7-11(15)13(17)9-3-2-4-10-8(9)5-6-14-10/h2-6,11,13-15,17H,7H2,1H3. The van der Waals surface area contributed by atoms with Crippen LogP contribution >= 0.6 is 0 Å². The number of carbonyl (C=O) groups is 1. The van der Waals surface area contributed by atoms with Crippen LogP contribution in [0.15, 0.2) is 30.5 Å². The van der Waals surface area contributed by atoms with E-state index in [1.165, 1.54) is 7.11 Å². The number of hydrogen-bond donors (Lipinski definition) is 3. The van der Waals surface area contributed by atoms with Crippen LogP contribution in [0.1, 0.15) is 18.1 Å². The van der Waals surface area contributed by atoms with Gasteiger partial charge in [0.25, 0.3) is 0 Å². The molecule has 5 nitrogen and oxygen atoms in total. The number of carbonyl (C=O) groups excluding carboxylic acids is 1. The lowest BCUT2D eigenvalue weighted by Crippen LogP contribution is -2.22. The Morgan fingerprint density at radius 2 is 2.17 bits per heavy atom. The monoisotopic (exact) mass is 249 g/mol. The molecule has 0 aliphatic heterocycles. The highest BCUT2D eigenvalue weighted by Gasteiger charge is 2.23. The molecule has 0 radical (unpaired) electrons. The Balaban J connectivity index is 2.25. The van der Waals surface area contributed by atoms with Crippen molar-refractivity contribution in [3.05, 3.63) is 36.0 Å². The Labute approximate surface area is 104 Å². The summed E-state index contributed by atoms with van der Waals surface area (Å²) in [5, 5.41) is 20.7. The summed E-state index contributed by atoms with van der Waals surface area (Å²) in [4.78, 5) is 14.1. The van der Waals surface area contributed by atoms with E-state index in [4.69, 9.17) is 0 Å². The number of esters is 1. The SMILES string of the molecule is COC(=O)CC(O)C(O)c1cccc2[nH]ccc12. The molecule has 0 bridgehead atoms. The number of fused-ring (bicyclic) bond motifs is 1. The van der Waals surface area contributed by atoms with Gasteiger partial charge in [0.05, 0.1) is 19.6 Å². The second kappa shape index (κ2) is 5.20. The highest BCUT2D eigenvalue weighted by atomic mass is 16.5. The first-order valence-electron chi connectivity index (χ1n) is 5.62. The third kappa shape index (κ3) is 2.37. The summed E-state index contributed by atoms with van der Waals surface area (Å²) < 4.78 is 4.46. The zero-order valence-electron chi connectivity index (χ0n) is 9.96. The fourth-order valence-corrected chi connectivity index (χ4v) is 1.94. The molecule has 96 valence electrons. The van der Waals surface area contributed by atoms with Crippen LogP contribution in [0.3, 0.4) is 0 Å². The van der Waals surface area contributed by atoms with E-state index < -0.39 is 18.2 Å². The molecule has 2 atom stereocenters. The molecule has 2 unspecified atom stereocenters. The first kappa shape index (κ1) is 12.6. The van der Waals surface area contributed by atoms with Crippen molar-refractivity contribution < 1.29 is 19.7 Å². The number of nitrogens with one attached hydrogen (secondary N) is 1. The van der Waals surface area contributed by atoms with Crippen molar-refractivity contribution in [1.29, 1.82) is 0 Å². The Bertz CT molecular complexity index is 549. The zero-order chi connectivity index (χ0) is 13.1. The van der Waals surface area contributed by atoms with E-state index in [-0.39, 0.29) is 6.42 Å². The maximum absolute atomic E-state index is 11.1. The molecule has 1 heterocycles. The lowest BCUT2D eigenvalue weighted by atomic mass is 9.99. The zero-order valence-corrected chi connectivity index (χ0v) is 9.96. The van der Waals surface area contributed by atoms with Crippen molar-refractivity contribution in [3.63, 3.8) is 0 Å². The van der Waals surface area contributed by atoms with Crippen LogP contribution in [0.2, 0.25) is 0 Å². The lowest BCUT2D eigenvalue weighted by molar-refractivity contribution is -0.144. The summed E-state index contributed by atoms with van der Waals surface area (Å²) in [6, 6.07) is 7.20. The number of hydrogen-bond acceptors (Lipinski definition) is 4. The highest BCUT2D eigenvalue weighted by molar-refractivity contribution is 5.83. The molecule has 0 aliphatic carbocycles. The van der Waals surface area contributed by atoms with Crippen LogP contribution < -0.4 is 0 Å². The van der Waals surface area contributed by atoms with E-state index in [9.17, 15) is 15.0 Å². The third-order valence-corrected chi connectivity index (χ3v) is 2.92. The van der Waals surface area contributed by atoms with Gasteiger partial charge in [-0.1, -0.05) is 12.1 Å². The van der Waals surface area contributed by atoms with Gasteiger partial charge in [-0.2, -0.15) is 0 Å². The number of aromatic nitrogens is 1. The summed E-state index contributed by atoms with van der Waals surface area (Å²) in [6.45, 7) is 0. The number of aromatic amines is 1. The van der Waals surface area contributed by atoms with E-state index in [0.717, 1.165) is 10.9 Å². The first-order valence-corrected chi connectivity index (χ1v) is 5.62. The topological polar surface area (TPSA) is 82.6 Å². The second-order valence-electron chi connectivity index (χ2n) is 4.08. The summed E-state index contributed by atoms with van der Waals surface area (Å²) >= 11 is 0. The van der Waals surface area contributed by atoms with Crippen molar-refractivity contribution in [2.45, 2.75) is 18.6 Å². The predicted octanol–water partition coefficient (Wildman–Crippen LogP) is 1.13. The fourth-order valence-electron chi connectivity index (χ4n) is 1.94. The molecule has 5 heteroatoms. The molecule has 0 spiro atoms. The average Bonchev–Trinajstić information content (AvgIpc) is 2.85. The molecule has 0 fully saturated rings. The minimum atomic E-state index is -1.18. The van der Waals surface area contributed by atoms with Gasteiger partial charge in [0.2, 0.25) is 0 Å². The van der Waals surface area contributed by atoms with Crippen LogP contribution in [0, 0.1) is 0 Å². The molecule has 18 heavy (non-hydrogen) atoms. The average molecular weight is 249 g/mol. The minimum Gasteiger partial charge on any atom is -0.469 e. The van der Waals surface area contributed by atoms with Gasteiger partial charge in [-0.15, -0.1) is 0 Å². The van der Waals surface area contributed by atoms with Gasteiger partial charge in [-0.05, 0) is 17.7 Å². The number of ether oxygens (including phenoxy) is 1. The largest absolute Gasteiger partial charge is 0.469 e. The van der Waals surface area contributed by atoms with Crippen molar-refractivity contribution in [1.82, 2.24) is 4.98 Å². The van der Waals surface area contributed by atoms with E-state index in [1.54, 1.807) is 18.3 Å². The van der Waals surface area contributed by atoms with Crippen molar-refractivity contribution in [2.24, 2.45) is 0 Å². The van der Waals surface area contributed by atoms with Crippen LogP contribution in [0.25, 0.3) is 10.9 Å². The molecule has 2 rings (SSSR count). The number of benzene rings is 1. The van der Waals surface area contributed by atoms with E-state index in [1.807, 2.05) is 12.1 Å². The van der Waals surface area contributed by atoms with Crippen LogP contribution in [-0.2, 0) is 9.53 Å². The Morgan fingerprint density at radius 3 is 2.89 bits per heavy atom. The van der Waals surface area contributed by atoms with Gasteiger partial charge in [-0.25, -0.2) is 0 Å². The van der Waals surface area contributed by atoms with Gasteiger partial charge >= 0.3 is 5.97 Å². The molecule has 0 amide bonds. The lowest BCUT2D eigenvalue weighted by Gasteiger charge is -2.17. The van der Waals surface area contributed by atoms with E-state index in [2.05, 4.69) is 9.72 Å². The summed E-state index contributed by atoms with van der Waals surface area (Å²) in [5.74, 6) is -0.553. The minimum absolute atomic E-state index is 0.238. The first-order chi connectivity index (χ1) is 8.63. The van der Waals surface area contributed by atoms with Crippen LogP contribution in [-0.4, -0.2) is 34.4 Å². The normalized spacial score (nSPS) is 14.4. The Hall–Kier alpha value is -1.85. The fraction of sp³-hybridized carbons (Fsp3) is 0.308. The van der Waals surface area contributed by atoms with E-state index >= 15 is 0 Å². The van der Waals surface area contributed by atoms with Crippen LogP contribution in [0.5, 0.6) is 0 Å². The number of aliphatic hydroxyl groups is 2. The molecule has 1 aromatic carbocycles. The molecule has 3 N–H and O–H groups in total. The summed E-state index contributed by atoms with van der Waals surface area (Å²) in [6.07, 6.45) is -0.784. The Kier molecular flexibility index (Phi) is 3.64. The van der Waals surface area contributed by atoms with Gasteiger partial charge in [0.1, 0.15) is 6.10 Å². The summed E-state index contributed by atoms with van der Waals surface area (Å²) in [7, 11) is 1.24. The molecule has 2 aromatic rings. The van der Waals surface area contributed by atoms with Crippen molar-refractivity contribution in [3.8, 4) is 0 Å². The number of H-pyrrole nitrogens is 1. The smallest absolute Gasteiger partial charge is 0.308 e. The van der Waals surface area contributed by atoms with Crippen LogP contribution in [0.4, 0.5) is 0 Å². The maximum Gasteiger partial charge on any atom is 0.308 e. The van der Waals surface area contributed by atoms with E-state index in [0.29, 0.717) is 5.56 Å². The summed E-state index contributed by atoms with van der Waals surface area (Å²) in [5.41, 5.74) is 1.46. The molecular weight excluding hydrogens is 234 g/mol. The van der Waals surface area contributed by atoms with Gasteiger partial charge in [-0.3, -0.25) is 4.79 Å².